The van der Waals surface area contributed by atoms with Crippen molar-refractivity contribution in [2.45, 2.75) is 52.2 Å². The molecule has 0 aromatic heterocycles. The highest BCUT2D eigenvalue weighted by Crippen LogP contribution is 2.33. The van der Waals surface area contributed by atoms with E-state index in [1.54, 1.807) is 0 Å². The third-order valence-electron chi connectivity index (χ3n) is 4.56. The average molecular weight is 311 g/mol. The Balaban J connectivity index is 2.06. The van der Waals surface area contributed by atoms with Gasteiger partial charge in [-0.1, -0.05) is 6.92 Å². The molecule has 2 rings (SSSR count). The zero-order valence-corrected chi connectivity index (χ0v) is 13.8. The molecule has 22 heavy (non-hydrogen) atoms. The number of hydrogen-bond donors (Lipinski definition) is 1. The summed E-state index contributed by atoms with van der Waals surface area (Å²) in [6.07, 6.45) is 6.46. The maximum absolute atomic E-state index is 12.6. The molecule has 1 saturated heterocycles. The lowest BCUT2D eigenvalue weighted by Gasteiger charge is -2.37. The second-order valence-corrected chi connectivity index (χ2v) is 6.21. The number of nitrogens with zero attached hydrogens (tertiary/aromatic N) is 1. The lowest BCUT2D eigenvalue weighted by atomic mass is 9.86. The van der Waals surface area contributed by atoms with Crippen LogP contribution in [0.1, 0.15) is 46.0 Å². The average Bonchev–Trinajstić information content (AvgIpc) is 2.54. The molecule has 126 valence electrons. The van der Waals surface area contributed by atoms with E-state index >= 15 is 0 Å². The monoisotopic (exact) mass is 311 g/mol. The Morgan fingerprint density at radius 2 is 2.14 bits per heavy atom. The van der Waals surface area contributed by atoms with Gasteiger partial charge in [-0.15, -0.1) is 0 Å². The first-order chi connectivity index (χ1) is 10.7. The number of piperidine rings is 1. The van der Waals surface area contributed by atoms with E-state index in [9.17, 15) is 4.79 Å². The van der Waals surface area contributed by atoms with Gasteiger partial charge in [-0.25, -0.2) is 0 Å². The van der Waals surface area contributed by atoms with Crippen LogP contribution < -0.4 is 0 Å². The van der Waals surface area contributed by atoms with Crippen LogP contribution in [0.4, 0.5) is 0 Å². The SMILES string of the molecule is CCO[C@@H]1OC(C(=O)N2CCCCC2)=C[C@H](C)[C@@H]1CCCO. The molecule has 0 bridgehead atoms. The Hall–Kier alpha value is -1.07. The summed E-state index contributed by atoms with van der Waals surface area (Å²) in [5.74, 6) is 0.829. The Kier molecular flexibility index (Phi) is 6.70. The maximum Gasteiger partial charge on any atom is 0.288 e. The molecule has 0 aromatic carbocycles. The molecule has 0 aromatic rings. The predicted octanol–water partition coefficient (Wildman–Crippen LogP) is 2.30. The van der Waals surface area contributed by atoms with Crippen LogP contribution in [0.5, 0.6) is 0 Å². The summed E-state index contributed by atoms with van der Waals surface area (Å²) in [5.41, 5.74) is 0. The summed E-state index contributed by atoms with van der Waals surface area (Å²) >= 11 is 0. The summed E-state index contributed by atoms with van der Waals surface area (Å²) < 4.78 is 11.6. The highest BCUT2D eigenvalue weighted by molar-refractivity contribution is 5.91. The van der Waals surface area contributed by atoms with Gasteiger partial charge in [-0.3, -0.25) is 4.79 Å². The van der Waals surface area contributed by atoms with E-state index in [4.69, 9.17) is 14.6 Å². The fourth-order valence-corrected chi connectivity index (χ4v) is 3.28. The minimum Gasteiger partial charge on any atom is -0.459 e. The minimum atomic E-state index is -0.389. The quantitative estimate of drug-likeness (QED) is 0.818. The van der Waals surface area contributed by atoms with Gasteiger partial charge in [0.25, 0.3) is 5.91 Å². The van der Waals surface area contributed by atoms with E-state index in [1.165, 1.54) is 6.42 Å². The van der Waals surface area contributed by atoms with E-state index < -0.39 is 0 Å². The molecule has 0 spiro atoms. The first-order valence-electron chi connectivity index (χ1n) is 8.57. The number of amides is 1. The van der Waals surface area contributed by atoms with Crippen molar-refractivity contribution in [3.8, 4) is 0 Å². The molecule has 0 aliphatic carbocycles. The number of likely N-dealkylation sites (tertiary alicyclic amines) is 1. The summed E-state index contributed by atoms with van der Waals surface area (Å²) in [4.78, 5) is 14.5. The van der Waals surface area contributed by atoms with Crippen molar-refractivity contribution in [2.75, 3.05) is 26.3 Å². The van der Waals surface area contributed by atoms with Gasteiger partial charge >= 0.3 is 0 Å². The summed E-state index contributed by atoms with van der Waals surface area (Å²) in [7, 11) is 0. The van der Waals surface area contributed by atoms with Crippen LogP contribution >= 0.6 is 0 Å². The van der Waals surface area contributed by atoms with E-state index in [-0.39, 0.29) is 30.6 Å². The Labute approximate surface area is 133 Å². The lowest BCUT2D eigenvalue weighted by molar-refractivity contribution is -0.174. The van der Waals surface area contributed by atoms with Crippen LogP contribution in [0.3, 0.4) is 0 Å². The number of carbonyl (C=O) groups excluding carboxylic acids is 1. The molecule has 2 aliphatic rings. The van der Waals surface area contributed by atoms with Gasteiger partial charge in [-0.2, -0.15) is 0 Å². The second-order valence-electron chi connectivity index (χ2n) is 6.21. The topological polar surface area (TPSA) is 59.0 Å². The van der Waals surface area contributed by atoms with Crippen LogP contribution in [0, 0.1) is 11.8 Å². The predicted molar refractivity (Wildman–Crippen MR) is 84.0 cm³/mol. The van der Waals surface area contributed by atoms with Crippen molar-refractivity contribution in [1.82, 2.24) is 4.90 Å². The number of allylic oxidation sites excluding steroid dienone is 1. The van der Waals surface area contributed by atoms with Gasteiger partial charge in [0.05, 0.1) is 0 Å². The first kappa shape index (κ1) is 17.3. The highest BCUT2D eigenvalue weighted by atomic mass is 16.7. The first-order valence-corrected chi connectivity index (χ1v) is 8.57. The van der Waals surface area contributed by atoms with Gasteiger partial charge < -0.3 is 19.5 Å². The maximum atomic E-state index is 12.6. The molecule has 2 heterocycles. The third-order valence-corrected chi connectivity index (χ3v) is 4.56. The molecule has 5 nitrogen and oxygen atoms in total. The van der Waals surface area contributed by atoms with Crippen molar-refractivity contribution in [1.29, 1.82) is 0 Å². The van der Waals surface area contributed by atoms with Crippen LogP contribution in [-0.2, 0) is 14.3 Å². The third kappa shape index (κ3) is 4.23. The van der Waals surface area contributed by atoms with Crippen molar-refractivity contribution < 1.29 is 19.4 Å². The van der Waals surface area contributed by atoms with Gasteiger partial charge in [0.2, 0.25) is 6.29 Å². The smallest absolute Gasteiger partial charge is 0.288 e. The Morgan fingerprint density at radius 3 is 2.77 bits per heavy atom. The molecule has 0 radical (unpaired) electrons. The van der Waals surface area contributed by atoms with E-state index in [0.29, 0.717) is 12.4 Å². The van der Waals surface area contributed by atoms with Crippen LogP contribution in [0.2, 0.25) is 0 Å². The van der Waals surface area contributed by atoms with Gasteiger partial charge in [0, 0.05) is 32.2 Å². The van der Waals surface area contributed by atoms with Crippen molar-refractivity contribution in [2.24, 2.45) is 11.8 Å². The van der Waals surface area contributed by atoms with Gasteiger partial charge in [0.15, 0.2) is 5.76 Å². The van der Waals surface area contributed by atoms with E-state index in [0.717, 1.165) is 38.8 Å². The number of ether oxygens (including phenoxy) is 2. The standard InChI is InChI=1S/C17H29NO4/c1-3-21-17-14(8-7-11-19)13(2)12-15(22-17)16(20)18-9-5-4-6-10-18/h12-14,17,19H,3-11H2,1-2H3/t13-,14-,17+/m0/s1. The van der Waals surface area contributed by atoms with Crippen LogP contribution in [0.25, 0.3) is 0 Å². The minimum absolute atomic E-state index is 0.00291. The van der Waals surface area contributed by atoms with E-state index in [1.807, 2.05) is 17.9 Å². The van der Waals surface area contributed by atoms with Crippen molar-refractivity contribution in [3.05, 3.63) is 11.8 Å². The molecule has 2 aliphatic heterocycles. The summed E-state index contributed by atoms with van der Waals surface area (Å²) in [6.45, 7) is 6.40. The summed E-state index contributed by atoms with van der Waals surface area (Å²) in [6, 6.07) is 0. The fraction of sp³-hybridized carbons (Fsp3) is 0.824. The molecule has 1 N–H and O–H groups in total. The van der Waals surface area contributed by atoms with Crippen molar-refractivity contribution >= 4 is 5.91 Å². The Morgan fingerprint density at radius 1 is 1.41 bits per heavy atom. The lowest BCUT2D eigenvalue weighted by Crippen LogP contribution is -2.42. The molecular formula is C17H29NO4. The largest absolute Gasteiger partial charge is 0.459 e. The fourth-order valence-electron chi connectivity index (χ4n) is 3.28. The van der Waals surface area contributed by atoms with Crippen LogP contribution in [0.15, 0.2) is 11.8 Å². The van der Waals surface area contributed by atoms with Crippen molar-refractivity contribution in [3.63, 3.8) is 0 Å². The number of aliphatic hydroxyl groups excluding tert-OH is 1. The summed E-state index contributed by atoms with van der Waals surface area (Å²) in [5, 5.41) is 9.05. The molecule has 1 fully saturated rings. The number of hydrogen-bond acceptors (Lipinski definition) is 4. The highest BCUT2D eigenvalue weighted by Gasteiger charge is 2.36. The zero-order chi connectivity index (χ0) is 15.9. The number of rotatable bonds is 6. The van der Waals surface area contributed by atoms with Crippen LogP contribution in [-0.4, -0.2) is 48.5 Å². The number of aliphatic hydroxyl groups is 1. The zero-order valence-electron chi connectivity index (χ0n) is 13.8. The van der Waals surface area contributed by atoms with Gasteiger partial charge in [0.1, 0.15) is 0 Å². The van der Waals surface area contributed by atoms with E-state index in [2.05, 4.69) is 6.92 Å². The second kappa shape index (κ2) is 8.53. The molecule has 3 atom stereocenters. The molecule has 1 amide bonds. The number of carbonyl (C=O) groups is 1. The Bertz CT molecular complexity index is 390. The van der Waals surface area contributed by atoms with Gasteiger partial charge in [-0.05, 0) is 51.0 Å². The normalized spacial score (nSPS) is 29.0. The molecular weight excluding hydrogens is 282 g/mol. The molecule has 0 unspecified atom stereocenters. The molecule has 5 heteroatoms. The molecule has 0 saturated carbocycles.